The van der Waals surface area contributed by atoms with Crippen molar-refractivity contribution in [1.29, 1.82) is 0 Å². The van der Waals surface area contributed by atoms with E-state index in [-0.39, 0.29) is 0 Å². The van der Waals surface area contributed by atoms with Crippen molar-refractivity contribution in [2.75, 3.05) is 13.7 Å². The second kappa shape index (κ2) is 6.15. The van der Waals surface area contributed by atoms with E-state index in [4.69, 9.17) is 21.1 Å². The Kier molecular flexibility index (Phi) is 4.55. The van der Waals surface area contributed by atoms with Gasteiger partial charge in [0.1, 0.15) is 11.5 Å². The SMILES string of the molecule is COc1ccc(OCCC2CCCC2Cl)cc1. The van der Waals surface area contributed by atoms with Crippen LogP contribution in [0.2, 0.25) is 0 Å². The predicted molar refractivity (Wildman–Crippen MR) is 70.1 cm³/mol. The van der Waals surface area contributed by atoms with E-state index in [1.165, 1.54) is 12.8 Å². The molecule has 0 bridgehead atoms. The van der Waals surface area contributed by atoms with Crippen molar-refractivity contribution in [2.24, 2.45) is 5.92 Å². The highest BCUT2D eigenvalue weighted by atomic mass is 35.5. The molecule has 17 heavy (non-hydrogen) atoms. The summed E-state index contributed by atoms with van der Waals surface area (Å²) in [6.45, 7) is 0.750. The molecule has 0 radical (unpaired) electrons. The first-order chi connectivity index (χ1) is 8.29. The number of rotatable bonds is 5. The van der Waals surface area contributed by atoms with Crippen molar-refractivity contribution in [1.82, 2.24) is 0 Å². The van der Waals surface area contributed by atoms with Gasteiger partial charge in [-0.1, -0.05) is 6.42 Å². The van der Waals surface area contributed by atoms with E-state index in [9.17, 15) is 0 Å². The third-order valence-electron chi connectivity index (χ3n) is 3.38. The lowest BCUT2D eigenvalue weighted by molar-refractivity contribution is 0.280. The van der Waals surface area contributed by atoms with Crippen LogP contribution in [0.5, 0.6) is 11.5 Å². The molecule has 1 aliphatic carbocycles. The van der Waals surface area contributed by atoms with Crippen LogP contribution in [0.1, 0.15) is 25.7 Å². The Morgan fingerprint density at radius 2 is 1.88 bits per heavy atom. The lowest BCUT2D eigenvalue weighted by Gasteiger charge is -2.14. The highest BCUT2D eigenvalue weighted by molar-refractivity contribution is 6.20. The summed E-state index contributed by atoms with van der Waals surface area (Å²) in [7, 11) is 1.66. The van der Waals surface area contributed by atoms with Crippen LogP contribution in [0.3, 0.4) is 0 Å². The van der Waals surface area contributed by atoms with Crippen molar-refractivity contribution in [2.45, 2.75) is 31.1 Å². The molecular weight excluding hydrogens is 236 g/mol. The second-order valence-corrected chi connectivity index (χ2v) is 5.08. The predicted octanol–water partition coefficient (Wildman–Crippen LogP) is 3.87. The van der Waals surface area contributed by atoms with Crippen LogP contribution in [0.15, 0.2) is 24.3 Å². The number of halogens is 1. The zero-order chi connectivity index (χ0) is 12.1. The van der Waals surface area contributed by atoms with Crippen molar-refractivity contribution >= 4 is 11.6 Å². The molecule has 1 aromatic rings. The molecule has 2 atom stereocenters. The summed E-state index contributed by atoms with van der Waals surface area (Å²) in [6, 6.07) is 7.70. The van der Waals surface area contributed by atoms with Gasteiger partial charge in [-0.3, -0.25) is 0 Å². The van der Waals surface area contributed by atoms with Crippen LogP contribution in [-0.4, -0.2) is 19.1 Å². The fourth-order valence-electron chi connectivity index (χ4n) is 2.32. The van der Waals surface area contributed by atoms with E-state index in [0.717, 1.165) is 30.9 Å². The first-order valence-electron chi connectivity index (χ1n) is 6.20. The fourth-order valence-corrected chi connectivity index (χ4v) is 2.72. The molecule has 0 aromatic heterocycles. The van der Waals surface area contributed by atoms with Crippen LogP contribution in [0, 0.1) is 5.92 Å². The highest BCUT2D eigenvalue weighted by Gasteiger charge is 2.24. The molecule has 2 unspecified atom stereocenters. The van der Waals surface area contributed by atoms with E-state index in [1.54, 1.807) is 7.11 Å². The molecule has 0 spiro atoms. The molecule has 0 saturated heterocycles. The molecule has 1 aromatic carbocycles. The van der Waals surface area contributed by atoms with E-state index < -0.39 is 0 Å². The lowest BCUT2D eigenvalue weighted by atomic mass is 10.0. The Labute approximate surface area is 108 Å². The van der Waals surface area contributed by atoms with Gasteiger partial charge in [-0.2, -0.15) is 0 Å². The van der Waals surface area contributed by atoms with Gasteiger partial charge >= 0.3 is 0 Å². The standard InChI is InChI=1S/C14H19ClO2/c1-16-12-5-7-13(8-6-12)17-10-9-11-3-2-4-14(11)15/h5-8,11,14H,2-4,9-10H2,1H3. The quantitative estimate of drug-likeness (QED) is 0.743. The smallest absolute Gasteiger partial charge is 0.119 e. The molecule has 0 heterocycles. The lowest BCUT2D eigenvalue weighted by Crippen LogP contribution is -2.11. The average Bonchev–Trinajstić information content (AvgIpc) is 2.76. The molecule has 3 heteroatoms. The fraction of sp³-hybridized carbons (Fsp3) is 0.571. The number of ether oxygens (including phenoxy) is 2. The van der Waals surface area contributed by atoms with Gasteiger partial charge in [0.25, 0.3) is 0 Å². The number of methoxy groups -OCH3 is 1. The van der Waals surface area contributed by atoms with Gasteiger partial charge in [-0.25, -0.2) is 0 Å². The first kappa shape index (κ1) is 12.6. The van der Waals surface area contributed by atoms with Gasteiger partial charge in [0.15, 0.2) is 0 Å². The van der Waals surface area contributed by atoms with Gasteiger partial charge in [0.05, 0.1) is 13.7 Å². The highest BCUT2D eigenvalue weighted by Crippen LogP contribution is 2.32. The number of benzene rings is 1. The van der Waals surface area contributed by atoms with Crippen molar-refractivity contribution in [3.8, 4) is 11.5 Å². The molecule has 1 fully saturated rings. The Hall–Kier alpha value is -0.890. The maximum Gasteiger partial charge on any atom is 0.119 e. The summed E-state index contributed by atoms with van der Waals surface area (Å²) in [5.41, 5.74) is 0. The van der Waals surface area contributed by atoms with E-state index in [1.807, 2.05) is 24.3 Å². The van der Waals surface area contributed by atoms with Gasteiger partial charge in [0, 0.05) is 5.38 Å². The Morgan fingerprint density at radius 1 is 1.18 bits per heavy atom. The molecule has 94 valence electrons. The summed E-state index contributed by atoms with van der Waals surface area (Å²) in [6.07, 6.45) is 4.73. The maximum atomic E-state index is 6.23. The third-order valence-corrected chi connectivity index (χ3v) is 3.96. The average molecular weight is 255 g/mol. The van der Waals surface area contributed by atoms with Crippen LogP contribution in [-0.2, 0) is 0 Å². The van der Waals surface area contributed by atoms with E-state index in [2.05, 4.69) is 0 Å². The van der Waals surface area contributed by atoms with Gasteiger partial charge in [-0.15, -0.1) is 11.6 Å². The molecule has 0 N–H and O–H groups in total. The summed E-state index contributed by atoms with van der Waals surface area (Å²) in [5, 5.41) is 0.356. The van der Waals surface area contributed by atoms with Crippen LogP contribution in [0.25, 0.3) is 0 Å². The molecule has 1 saturated carbocycles. The topological polar surface area (TPSA) is 18.5 Å². The summed E-state index contributed by atoms with van der Waals surface area (Å²) in [5.74, 6) is 2.39. The van der Waals surface area contributed by atoms with Crippen molar-refractivity contribution in [3.63, 3.8) is 0 Å². The van der Waals surface area contributed by atoms with E-state index in [0.29, 0.717) is 11.3 Å². The van der Waals surface area contributed by atoms with Gasteiger partial charge in [0.2, 0.25) is 0 Å². The maximum absolute atomic E-state index is 6.23. The van der Waals surface area contributed by atoms with Gasteiger partial charge < -0.3 is 9.47 Å². The molecule has 1 aliphatic rings. The van der Waals surface area contributed by atoms with Crippen LogP contribution >= 0.6 is 11.6 Å². The Morgan fingerprint density at radius 3 is 2.47 bits per heavy atom. The molecule has 0 aliphatic heterocycles. The molecule has 2 rings (SSSR count). The third kappa shape index (κ3) is 3.53. The minimum absolute atomic E-state index is 0.356. The summed E-state index contributed by atoms with van der Waals surface area (Å²) < 4.78 is 10.8. The molecule has 2 nitrogen and oxygen atoms in total. The zero-order valence-electron chi connectivity index (χ0n) is 10.2. The van der Waals surface area contributed by atoms with E-state index >= 15 is 0 Å². The first-order valence-corrected chi connectivity index (χ1v) is 6.64. The second-order valence-electron chi connectivity index (χ2n) is 4.52. The minimum Gasteiger partial charge on any atom is -0.497 e. The zero-order valence-corrected chi connectivity index (χ0v) is 11.0. The molecule has 0 amide bonds. The number of alkyl halides is 1. The van der Waals surface area contributed by atoms with Crippen molar-refractivity contribution < 1.29 is 9.47 Å². The summed E-state index contributed by atoms with van der Waals surface area (Å²) >= 11 is 6.23. The minimum atomic E-state index is 0.356. The van der Waals surface area contributed by atoms with Crippen LogP contribution < -0.4 is 9.47 Å². The van der Waals surface area contributed by atoms with Gasteiger partial charge in [-0.05, 0) is 49.4 Å². The number of hydrogen-bond donors (Lipinski definition) is 0. The molecular formula is C14H19ClO2. The Bertz CT molecular complexity index is 337. The Balaban J connectivity index is 1.73. The number of hydrogen-bond acceptors (Lipinski definition) is 2. The van der Waals surface area contributed by atoms with Crippen LogP contribution in [0.4, 0.5) is 0 Å². The monoisotopic (exact) mass is 254 g/mol. The largest absolute Gasteiger partial charge is 0.497 e. The summed E-state index contributed by atoms with van der Waals surface area (Å²) in [4.78, 5) is 0. The normalized spacial score (nSPS) is 23.6. The van der Waals surface area contributed by atoms with Crippen molar-refractivity contribution in [3.05, 3.63) is 24.3 Å².